The van der Waals surface area contributed by atoms with E-state index in [1.54, 1.807) is 6.20 Å². The van der Waals surface area contributed by atoms with Gasteiger partial charge in [-0.25, -0.2) is 4.98 Å². The summed E-state index contributed by atoms with van der Waals surface area (Å²) in [6.45, 7) is 2.06. The van der Waals surface area contributed by atoms with Crippen molar-refractivity contribution in [2.24, 2.45) is 0 Å². The largest absolute Gasteiger partial charge is 0.328 e. The van der Waals surface area contributed by atoms with Crippen molar-refractivity contribution < 1.29 is 0 Å². The van der Waals surface area contributed by atoms with Gasteiger partial charge in [-0.15, -0.1) is 11.6 Å². The molecule has 1 aromatic carbocycles. The van der Waals surface area contributed by atoms with E-state index in [9.17, 15) is 0 Å². The first-order valence-electron chi connectivity index (χ1n) is 5.63. The Bertz CT molecular complexity index is 555. The van der Waals surface area contributed by atoms with Gasteiger partial charge in [0.1, 0.15) is 0 Å². The van der Waals surface area contributed by atoms with Crippen molar-refractivity contribution in [1.29, 1.82) is 0 Å². The minimum absolute atomic E-state index is 0.418. The lowest BCUT2D eigenvalue weighted by Gasteiger charge is -2.21. The number of benzene rings is 1. The number of rotatable bonds is 3. The van der Waals surface area contributed by atoms with Gasteiger partial charge in [-0.1, -0.05) is 29.8 Å². The molecule has 0 saturated carbocycles. The summed E-state index contributed by atoms with van der Waals surface area (Å²) in [5.41, 5.74) is 3.19. The van der Waals surface area contributed by atoms with E-state index in [-0.39, 0.29) is 0 Å². The van der Waals surface area contributed by atoms with Crippen LogP contribution in [0.3, 0.4) is 0 Å². The smallest absolute Gasteiger partial charge is 0.151 e. The van der Waals surface area contributed by atoms with Gasteiger partial charge in [-0.2, -0.15) is 0 Å². The molecule has 0 amide bonds. The molecule has 0 fully saturated rings. The number of hydrogen-bond acceptors (Lipinski definition) is 2. The Hall–Kier alpha value is -1.25. The first-order chi connectivity index (χ1) is 8.63. The van der Waals surface area contributed by atoms with Crippen LogP contribution in [-0.4, -0.2) is 12.0 Å². The second-order valence-electron chi connectivity index (χ2n) is 4.13. The lowest BCUT2D eigenvalue weighted by Crippen LogP contribution is -2.13. The highest BCUT2D eigenvalue weighted by molar-refractivity contribution is 6.33. The normalized spacial score (nSPS) is 10.4. The predicted molar refractivity (Wildman–Crippen MR) is 78.0 cm³/mol. The topological polar surface area (TPSA) is 16.1 Å². The summed E-state index contributed by atoms with van der Waals surface area (Å²) in [7, 11) is 1.96. The lowest BCUT2D eigenvalue weighted by atomic mass is 10.2. The van der Waals surface area contributed by atoms with Gasteiger partial charge < -0.3 is 4.90 Å². The minimum Gasteiger partial charge on any atom is -0.328 e. The summed E-state index contributed by atoms with van der Waals surface area (Å²) in [6, 6.07) is 9.97. The number of halogens is 2. The molecule has 0 radical (unpaired) electrons. The standard InChI is InChI=1S/C14H14Cl2N2/c1-10-5-3-4-6-13(10)18(2)14-12(16)7-11(8-15)9-17-14/h3-7,9H,8H2,1-2H3. The molecule has 94 valence electrons. The Morgan fingerprint density at radius 1 is 1.28 bits per heavy atom. The van der Waals surface area contributed by atoms with Crippen LogP contribution >= 0.6 is 23.2 Å². The molecule has 0 aliphatic rings. The molecular formula is C14H14Cl2N2. The Kier molecular flexibility index (Phi) is 4.10. The molecule has 1 aromatic heterocycles. The van der Waals surface area contributed by atoms with E-state index >= 15 is 0 Å². The van der Waals surface area contributed by atoms with Crippen molar-refractivity contribution in [3.8, 4) is 0 Å². The van der Waals surface area contributed by atoms with E-state index in [0.717, 1.165) is 17.1 Å². The Balaban J connectivity index is 2.40. The van der Waals surface area contributed by atoms with Crippen molar-refractivity contribution in [2.75, 3.05) is 11.9 Å². The van der Waals surface area contributed by atoms with Crippen molar-refractivity contribution in [3.63, 3.8) is 0 Å². The summed E-state index contributed by atoms with van der Waals surface area (Å²) < 4.78 is 0. The second kappa shape index (κ2) is 5.59. The Labute approximate surface area is 117 Å². The van der Waals surface area contributed by atoms with Crippen LogP contribution in [0.25, 0.3) is 0 Å². The van der Waals surface area contributed by atoms with Crippen LogP contribution in [0.15, 0.2) is 36.5 Å². The molecule has 0 N–H and O–H groups in total. The number of para-hydroxylation sites is 1. The van der Waals surface area contributed by atoms with E-state index in [0.29, 0.717) is 10.9 Å². The van der Waals surface area contributed by atoms with Crippen LogP contribution in [0.1, 0.15) is 11.1 Å². The summed E-state index contributed by atoms with van der Waals surface area (Å²) in [5.74, 6) is 1.15. The maximum Gasteiger partial charge on any atom is 0.151 e. The molecule has 0 bridgehead atoms. The SMILES string of the molecule is Cc1ccccc1N(C)c1ncc(CCl)cc1Cl. The van der Waals surface area contributed by atoms with E-state index in [2.05, 4.69) is 18.0 Å². The maximum atomic E-state index is 6.24. The molecular weight excluding hydrogens is 267 g/mol. The third-order valence-electron chi connectivity index (χ3n) is 2.83. The molecule has 0 atom stereocenters. The molecule has 18 heavy (non-hydrogen) atoms. The predicted octanol–water partition coefficient (Wildman–Crippen LogP) is 4.55. The van der Waals surface area contributed by atoms with Crippen LogP contribution in [0.4, 0.5) is 11.5 Å². The van der Waals surface area contributed by atoms with Crippen molar-refractivity contribution in [2.45, 2.75) is 12.8 Å². The number of anilines is 2. The first kappa shape index (κ1) is 13.2. The highest BCUT2D eigenvalue weighted by atomic mass is 35.5. The van der Waals surface area contributed by atoms with Crippen molar-refractivity contribution in [3.05, 3.63) is 52.7 Å². The number of aryl methyl sites for hydroxylation is 1. The third-order valence-corrected chi connectivity index (χ3v) is 3.41. The van der Waals surface area contributed by atoms with Crippen LogP contribution in [0.5, 0.6) is 0 Å². The van der Waals surface area contributed by atoms with Gasteiger partial charge in [-0.3, -0.25) is 0 Å². The number of aromatic nitrogens is 1. The van der Waals surface area contributed by atoms with Crippen molar-refractivity contribution in [1.82, 2.24) is 4.98 Å². The molecule has 0 spiro atoms. The van der Waals surface area contributed by atoms with E-state index in [4.69, 9.17) is 23.2 Å². The fraction of sp³-hybridized carbons (Fsp3) is 0.214. The third kappa shape index (κ3) is 2.60. The molecule has 0 saturated heterocycles. The molecule has 2 rings (SSSR count). The van der Waals surface area contributed by atoms with Crippen LogP contribution in [0.2, 0.25) is 5.02 Å². The van der Waals surface area contributed by atoms with Gasteiger partial charge in [0.2, 0.25) is 0 Å². The highest BCUT2D eigenvalue weighted by Gasteiger charge is 2.11. The van der Waals surface area contributed by atoms with E-state index in [1.807, 2.05) is 36.2 Å². The fourth-order valence-corrected chi connectivity index (χ4v) is 2.31. The minimum atomic E-state index is 0.418. The zero-order chi connectivity index (χ0) is 13.1. The number of alkyl halides is 1. The molecule has 0 aliphatic carbocycles. The van der Waals surface area contributed by atoms with Crippen molar-refractivity contribution >= 4 is 34.7 Å². The lowest BCUT2D eigenvalue weighted by molar-refractivity contribution is 1.10. The zero-order valence-corrected chi connectivity index (χ0v) is 11.8. The van der Waals surface area contributed by atoms with Gasteiger partial charge in [0.25, 0.3) is 0 Å². The van der Waals surface area contributed by atoms with E-state index in [1.165, 1.54) is 5.56 Å². The summed E-state index contributed by atoms with van der Waals surface area (Å²) in [4.78, 5) is 6.36. The van der Waals surface area contributed by atoms with Gasteiger partial charge in [0, 0.05) is 24.8 Å². The average molecular weight is 281 g/mol. The molecule has 0 aliphatic heterocycles. The number of nitrogens with zero attached hydrogens (tertiary/aromatic N) is 2. The van der Waals surface area contributed by atoms with Gasteiger partial charge in [0.05, 0.1) is 5.02 Å². The van der Waals surface area contributed by atoms with Crippen LogP contribution in [-0.2, 0) is 5.88 Å². The maximum absolute atomic E-state index is 6.24. The molecule has 1 heterocycles. The first-order valence-corrected chi connectivity index (χ1v) is 6.54. The Morgan fingerprint density at radius 3 is 2.61 bits per heavy atom. The Morgan fingerprint density at radius 2 is 2.00 bits per heavy atom. The number of hydrogen-bond donors (Lipinski definition) is 0. The van der Waals surface area contributed by atoms with Gasteiger partial charge >= 0.3 is 0 Å². The number of pyridine rings is 1. The average Bonchev–Trinajstić information content (AvgIpc) is 2.38. The summed E-state index contributed by atoms with van der Waals surface area (Å²) in [6.07, 6.45) is 1.75. The summed E-state index contributed by atoms with van der Waals surface area (Å²) >= 11 is 12.0. The summed E-state index contributed by atoms with van der Waals surface area (Å²) in [5, 5.41) is 0.610. The van der Waals surface area contributed by atoms with Gasteiger partial charge in [-0.05, 0) is 30.2 Å². The molecule has 4 heteroatoms. The second-order valence-corrected chi connectivity index (χ2v) is 4.80. The van der Waals surface area contributed by atoms with Crippen LogP contribution in [0, 0.1) is 6.92 Å². The zero-order valence-electron chi connectivity index (χ0n) is 10.3. The quantitative estimate of drug-likeness (QED) is 0.767. The van der Waals surface area contributed by atoms with E-state index < -0.39 is 0 Å². The molecule has 2 aromatic rings. The monoisotopic (exact) mass is 280 g/mol. The van der Waals surface area contributed by atoms with Crippen LogP contribution < -0.4 is 4.90 Å². The molecule has 0 unspecified atom stereocenters. The highest BCUT2D eigenvalue weighted by Crippen LogP contribution is 2.30. The van der Waals surface area contributed by atoms with Gasteiger partial charge in [0.15, 0.2) is 5.82 Å². The fourth-order valence-electron chi connectivity index (χ4n) is 1.84. The molecule has 2 nitrogen and oxygen atoms in total.